The first-order chi connectivity index (χ1) is 18.5. The van der Waals surface area contributed by atoms with Crippen molar-refractivity contribution in [2.75, 3.05) is 30.9 Å². The molecule has 6 nitrogen and oxygen atoms in total. The fourth-order valence-corrected chi connectivity index (χ4v) is 4.15. The maximum atomic E-state index is 13.1. The quantitative estimate of drug-likeness (QED) is 0.141. The predicted octanol–water partition coefficient (Wildman–Crippen LogP) is 5.91. The van der Waals surface area contributed by atoms with Gasteiger partial charge in [0.2, 0.25) is 0 Å². The summed E-state index contributed by atoms with van der Waals surface area (Å²) in [6.45, 7) is 3.26. The van der Waals surface area contributed by atoms with Gasteiger partial charge in [0.15, 0.2) is 5.78 Å². The number of ether oxygens (including phenoxy) is 2. The number of ketones is 1. The van der Waals surface area contributed by atoms with Crippen LogP contribution in [0.25, 0.3) is 0 Å². The molecule has 2 N–H and O–H groups in total. The third-order valence-electron chi connectivity index (χ3n) is 6.10. The highest BCUT2D eigenvalue weighted by molar-refractivity contribution is 6.12. The van der Waals surface area contributed by atoms with Gasteiger partial charge in [-0.3, -0.25) is 4.79 Å². The van der Waals surface area contributed by atoms with Gasteiger partial charge in [0.25, 0.3) is 0 Å². The molecular weight excluding hydrogens is 476 g/mol. The molecule has 4 rings (SSSR count). The molecular formula is C32H32N2O4. The Bertz CT molecular complexity index is 1350. The molecule has 0 aromatic heterocycles. The van der Waals surface area contributed by atoms with Crippen LogP contribution in [0.4, 0.5) is 11.4 Å². The zero-order valence-electron chi connectivity index (χ0n) is 21.6. The van der Waals surface area contributed by atoms with Gasteiger partial charge in [0.05, 0.1) is 7.11 Å². The molecule has 1 atom stereocenters. The van der Waals surface area contributed by atoms with E-state index in [-0.39, 0.29) is 5.78 Å². The Morgan fingerprint density at radius 3 is 2.32 bits per heavy atom. The largest absolute Gasteiger partial charge is 0.492 e. The van der Waals surface area contributed by atoms with Crippen molar-refractivity contribution >= 4 is 23.1 Å². The van der Waals surface area contributed by atoms with E-state index in [0.717, 1.165) is 17.0 Å². The average molecular weight is 509 g/mol. The second kappa shape index (κ2) is 13.1. The van der Waals surface area contributed by atoms with E-state index in [1.165, 1.54) is 12.7 Å². The molecule has 0 spiro atoms. The zero-order chi connectivity index (χ0) is 26.7. The van der Waals surface area contributed by atoms with Crippen molar-refractivity contribution < 1.29 is 19.1 Å². The summed E-state index contributed by atoms with van der Waals surface area (Å²) in [4.78, 5) is 25.8. The molecule has 0 radical (unpaired) electrons. The van der Waals surface area contributed by atoms with Gasteiger partial charge in [-0.25, -0.2) is 4.79 Å². The Labute approximate surface area is 223 Å². The first kappa shape index (κ1) is 26.5. The van der Waals surface area contributed by atoms with Crippen molar-refractivity contribution in [3.63, 3.8) is 0 Å². The summed E-state index contributed by atoms with van der Waals surface area (Å²) in [6, 6.07) is 31.5. The molecule has 0 amide bonds. The number of esters is 1. The monoisotopic (exact) mass is 508 g/mol. The highest BCUT2D eigenvalue weighted by Crippen LogP contribution is 2.22. The number of anilines is 2. The molecule has 4 aromatic carbocycles. The van der Waals surface area contributed by atoms with Crippen LogP contribution in [0.5, 0.6) is 5.75 Å². The van der Waals surface area contributed by atoms with Crippen molar-refractivity contribution in [2.45, 2.75) is 19.4 Å². The van der Waals surface area contributed by atoms with Gasteiger partial charge in [-0.05, 0) is 54.4 Å². The van der Waals surface area contributed by atoms with Gasteiger partial charge in [0.1, 0.15) is 18.4 Å². The van der Waals surface area contributed by atoms with Crippen LogP contribution >= 0.6 is 0 Å². The van der Waals surface area contributed by atoms with Crippen LogP contribution in [-0.4, -0.2) is 38.1 Å². The standard InChI is InChI=1S/C32H32N2O4/c1-23-9-8-12-26(21-23)33-19-20-38-27-17-15-24(16-18-27)22-30(32(36)37-2)34-29-14-7-6-13-28(29)31(35)25-10-4-3-5-11-25/h3-18,21,30,33-34H,19-20,22H2,1-2H3/t30-/m0/s1. The van der Waals surface area contributed by atoms with E-state index >= 15 is 0 Å². The summed E-state index contributed by atoms with van der Waals surface area (Å²) in [5, 5.41) is 6.59. The molecule has 0 fully saturated rings. The summed E-state index contributed by atoms with van der Waals surface area (Å²) in [5.74, 6) is 0.228. The van der Waals surface area contributed by atoms with E-state index in [1.807, 2.05) is 66.7 Å². The van der Waals surface area contributed by atoms with Gasteiger partial charge in [-0.1, -0.05) is 66.7 Å². The lowest BCUT2D eigenvalue weighted by Gasteiger charge is -2.20. The fourth-order valence-electron chi connectivity index (χ4n) is 4.15. The fraction of sp³-hybridized carbons (Fsp3) is 0.188. The second-order valence-corrected chi connectivity index (χ2v) is 8.95. The number of carbonyl (C=O) groups excluding carboxylic acids is 2. The van der Waals surface area contributed by atoms with Crippen molar-refractivity contribution in [3.8, 4) is 5.75 Å². The molecule has 38 heavy (non-hydrogen) atoms. The first-order valence-corrected chi connectivity index (χ1v) is 12.6. The summed E-state index contributed by atoms with van der Waals surface area (Å²) in [6.07, 6.45) is 0.385. The Morgan fingerprint density at radius 1 is 0.842 bits per heavy atom. The number of hydrogen-bond donors (Lipinski definition) is 2. The normalized spacial score (nSPS) is 11.3. The van der Waals surface area contributed by atoms with Gasteiger partial charge in [-0.2, -0.15) is 0 Å². The van der Waals surface area contributed by atoms with Crippen LogP contribution in [0.15, 0.2) is 103 Å². The Morgan fingerprint density at radius 2 is 1.58 bits per heavy atom. The lowest BCUT2D eigenvalue weighted by molar-refractivity contribution is -0.141. The molecule has 0 aliphatic rings. The molecule has 4 aromatic rings. The number of para-hydroxylation sites is 1. The van der Waals surface area contributed by atoms with Crippen LogP contribution in [0.1, 0.15) is 27.0 Å². The van der Waals surface area contributed by atoms with E-state index in [1.54, 1.807) is 24.3 Å². The van der Waals surface area contributed by atoms with Crippen molar-refractivity contribution in [2.24, 2.45) is 0 Å². The Kier molecular flexibility index (Phi) is 9.13. The molecule has 0 saturated heterocycles. The third kappa shape index (κ3) is 7.23. The van der Waals surface area contributed by atoms with Gasteiger partial charge in [-0.15, -0.1) is 0 Å². The number of methoxy groups -OCH3 is 1. The maximum absolute atomic E-state index is 13.1. The summed E-state index contributed by atoms with van der Waals surface area (Å²) in [5.41, 5.74) is 4.87. The lowest BCUT2D eigenvalue weighted by Crippen LogP contribution is -2.33. The third-order valence-corrected chi connectivity index (χ3v) is 6.10. The number of carbonyl (C=O) groups is 2. The lowest BCUT2D eigenvalue weighted by atomic mass is 10.00. The van der Waals surface area contributed by atoms with Crippen molar-refractivity contribution in [1.29, 1.82) is 0 Å². The van der Waals surface area contributed by atoms with Gasteiger partial charge in [0, 0.05) is 35.5 Å². The van der Waals surface area contributed by atoms with E-state index in [2.05, 4.69) is 29.7 Å². The van der Waals surface area contributed by atoms with Crippen LogP contribution in [0.3, 0.4) is 0 Å². The average Bonchev–Trinajstić information content (AvgIpc) is 2.96. The Hall–Kier alpha value is -4.58. The molecule has 0 saturated carbocycles. The maximum Gasteiger partial charge on any atom is 0.328 e. The van der Waals surface area contributed by atoms with Crippen LogP contribution in [0.2, 0.25) is 0 Å². The summed E-state index contributed by atoms with van der Waals surface area (Å²) in [7, 11) is 1.36. The smallest absolute Gasteiger partial charge is 0.328 e. The topological polar surface area (TPSA) is 76.7 Å². The number of rotatable bonds is 12. The van der Waals surface area contributed by atoms with E-state index < -0.39 is 12.0 Å². The van der Waals surface area contributed by atoms with Crippen LogP contribution in [0, 0.1) is 6.92 Å². The van der Waals surface area contributed by atoms with Crippen LogP contribution < -0.4 is 15.4 Å². The van der Waals surface area contributed by atoms with Crippen molar-refractivity contribution in [1.82, 2.24) is 0 Å². The van der Waals surface area contributed by atoms with E-state index in [0.29, 0.717) is 36.4 Å². The van der Waals surface area contributed by atoms with Crippen molar-refractivity contribution in [3.05, 3.63) is 125 Å². The van der Waals surface area contributed by atoms with Gasteiger partial charge < -0.3 is 20.1 Å². The number of nitrogens with one attached hydrogen (secondary N) is 2. The molecule has 0 aliphatic heterocycles. The Balaban J connectivity index is 1.38. The molecule has 0 bridgehead atoms. The zero-order valence-corrected chi connectivity index (χ0v) is 21.6. The minimum absolute atomic E-state index is 0.115. The second-order valence-electron chi connectivity index (χ2n) is 8.95. The number of hydrogen-bond acceptors (Lipinski definition) is 6. The molecule has 0 unspecified atom stereocenters. The minimum Gasteiger partial charge on any atom is -0.492 e. The van der Waals surface area contributed by atoms with Crippen LogP contribution in [-0.2, 0) is 16.0 Å². The summed E-state index contributed by atoms with van der Waals surface area (Å²) < 4.78 is 10.9. The summed E-state index contributed by atoms with van der Waals surface area (Å²) >= 11 is 0. The minimum atomic E-state index is -0.671. The molecule has 194 valence electrons. The molecule has 0 aliphatic carbocycles. The first-order valence-electron chi connectivity index (χ1n) is 12.6. The van der Waals surface area contributed by atoms with E-state index in [4.69, 9.17) is 9.47 Å². The highest BCUT2D eigenvalue weighted by Gasteiger charge is 2.22. The number of benzene rings is 4. The number of aryl methyl sites for hydroxylation is 1. The molecule has 0 heterocycles. The highest BCUT2D eigenvalue weighted by atomic mass is 16.5. The molecule has 6 heteroatoms. The van der Waals surface area contributed by atoms with E-state index in [9.17, 15) is 9.59 Å². The van der Waals surface area contributed by atoms with Gasteiger partial charge >= 0.3 is 5.97 Å². The SMILES string of the molecule is COC(=O)[C@H](Cc1ccc(OCCNc2cccc(C)c2)cc1)Nc1ccccc1C(=O)c1ccccc1. The predicted molar refractivity (Wildman–Crippen MR) is 151 cm³/mol.